The van der Waals surface area contributed by atoms with E-state index in [-0.39, 0.29) is 29.3 Å². The van der Waals surface area contributed by atoms with E-state index in [4.69, 9.17) is 4.74 Å². The maximum absolute atomic E-state index is 13.8. The summed E-state index contributed by atoms with van der Waals surface area (Å²) in [6.07, 6.45) is 7.66. The fourth-order valence-corrected chi connectivity index (χ4v) is 5.35. The molecule has 2 N–H and O–H groups in total. The average Bonchev–Trinajstić information content (AvgIpc) is 2.86. The fraction of sp³-hybridized carbons (Fsp3) is 0.696. The number of benzene rings is 1. The van der Waals surface area contributed by atoms with E-state index in [9.17, 15) is 9.18 Å². The lowest BCUT2D eigenvalue weighted by molar-refractivity contribution is 0.0897. The van der Waals surface area contributed by atoms with Crippen LogP contribution in [0.25, 0.3) is 0 Å². The van der Waals surface area contributed by atoms with Crippen molar-refractivity contribution in [3.63, 3.8) is 0 Å². The molecule has 1 spiro atoms. The molecule has 3 aliphatic rings. The van der Waals surface area contributed by atoms with Crippen LogP contribution >= 0.6 is 0 Å². The van der Waals surface area contributed by atoms with Crippen LogP contribution in [0.3, 0.4) is 0 Å². The Bertz CT molecular complexity index is 731. The quantitative estimate of drug-likeness (QED) is 0.751. The molecule has 2 aliphatic heterocycles. The summed E-state index contributed by atoms with van der Waals surface area (Å²) < 4.78 is 19.7. The molecule has 0 radical (unpaired) electrons. The molecule has 29 heavy (non-hydrogen) atoms. The number of nitrogens with zero attached hydrogens (tertiary/aromatic N) is 1. The van der Waals surface area contributed by atoms with Crippen molar-refractivity contribution in [3.05, 3.63) is 29.6 Å². The molecule has 1 aromatic carbocycles. The van der Waals surface area contributed by atoms with Gasteiger partial charge in [0.25, 0.3) is 0 Å². The highest BCUT2D eigenvalue weighted by atomic mass is 19.1. The third-order valence-electron chi connectivity index (χ3n) is 6.94. The molecule has 0 aromatic heterocycles. The zero-order valence-electron chi connectivity index (χ0n) is 17.7. The molecule has 5 nitrogen and oxygen atoms in total. The summed E-state index contributed by atoms with van der Waals surface area (Å²) in [5.41, 5.74) is 1.02. The Morgan fingerprint density at radius 1 is 1.24 bits per heavy atom. The molecule has 2 amide bonds. The Labute approximate surface area is 173 Å². The van der Waals surface area contributed by atoms with E-state index >= 15 is 0 Å². The molecule has 4 rings (SSSR count). The van der Waals surface area contributed by atoms with Crippen LogP contribution in [-0.4, -0.2) is 48.8 Å². The van der Waals surface area contributed by atoms with Crippen molar-refractivity contribution in [1.82, 2.24) is 15.5 Å². The van der Waals surface area contributed by atoms with E-state index in [1.54, 1.807) is 12.1 Å². The van der Waals surface area contributed by atoms with Gasteiger partial charge in [0, 0.05) is 29.1 Å². The summed E-state index contributed by atoms with van der Waals surface area (Å²) >= 11 is 0. The Kier molecular flexibility index (Phi) is 6.00. The molecular formula is C23H34FN3O2. The van der Waals surface area contributed by atoms with Crippen LogP contribution in [0.4, 0.5) is 9.18 Å². The molecule has 160 valence electrons. The number of urea groups is 1. The molecule has 1 aromatic rings. The molecular weight excluding hydrogens is 369 g/mol. The number of halogens is 1. The van der Waals surface area contributed by atoms with Crippen molar-refractivity contribution in [2.45, 2.75) is 82.3 Å². The molecule has 2 heterocycles. The first kappa shape index (κ1) is 20.5. The van der Waals surface area contributed by atoms with E-state index in [0.717, 1.165) is 50.1 Å². The monoisotopic (exact) mass is 403 g/mol. The molecule has 1 saturated heterocycles. The predicted molar refractivity (Wildman–Crippen MR) is 112 cm³/mol. The number of nitrogens with one attached hydrogen (secondary N) is 2. The number of piperidine rings is 1. The van der Waals surface area contributed by atoms with Crippen LogP contribution in [-0.2, 0) is 5.41 Å². The van der Waals surface area contributed by atoms with Crippen molar-refractivity contribution in [2.75, 3.05) is 19.7 Å². The van der Waals surface area contributed by atoms with Gasteiger partial charge in [-0.15, -0.1) is 0 Å². The van der Waals surface area contributed by atoms with Crippen LogP contribution in [0, 0.1) is 5.82 Å². The maximum Gasteiger partial charge on any atom is 0.315 e. The van der Waals surface area contributed by atoms with Gasteiger partial charge in [0.1, 0.15) is 11.6 Å². The Morgan fingerprint density at radius 3 is 2.76 bits per heavy atom. The summed E-state index contributed by atoms with van der Waals surface area (Å²) in [7, 11) is 0. The standard InChI is InChI=1S/C23H34FN3O2/c1-16(2)25-22(28)26-18-5-3-4-6-19(14-18)27-11-9-23(10-12-27)15-29-21-8-7-17(24)13-20(21)23/h7-8,13,16,18-19H,3-6,9-12,14-15H2,1-2H3,(H2,25,26,28). The molecule has 1 saturated carbocycles. The van der Waals surface area contributed by atoms with Gasteiger partial charge in [-0.2, -0.15) is 0 Å². The molecule has 1 aliphatic carbocycles. The predicted octanol–water partition coefficient (Wildman–Crippen LogP) is 3.96. The second-order valence-electron chi connectivity index (χ2n) is 9.39. The first-order chi connectivity index (χ1) is 13.9. The zero-order chi connectivity index (χ0) is 20.4. The minimum Gasteiger partial charge on any atom is -0.492 e. The number of likely N-dealkylation sites (tertiary alicyclic amines) is 1. The number of amides is 2. The van der Waals surface area contributed by atoms with Gasteiger partial charge < -0.3 is 20.3 Å². The van der Waals surface area contributed by atoms with E-state index < -0.39 is 0 Å². The number of hydrogen-bond donors (Lipinski definition) is 2. The van der Waals surface area contributed by atoms with Gasteiger partial charge in [-0.05, 0) is 77.2 Å². The van der Waals surface area contributed by atoms with Gasteiger partial charge in [0.2, 0.25) is 0 Å². The summed E-state index contributed by atoms with van der Waals surface area (Å²) in [6, 6.07) is 5.78. The second-order valence-corrected chi connectivity index (χ2v) is 9.39. The maximum atomic E-state index is 13.8. The Balaban J connectivity index is 1.37. The molecule has 2 atom stereocenters. The van der Waals surface area contributed by atoms with Crippen LogP contribution in [0.15, 0.2) is 18.2 Å². The smallest absolute Gasteiger partial charge is 0.315 e. The number of hydrogen-bond acceptors (Lipinski definition) is 3. The Morgan fingerprint density at radius 2 is 2.00 bits per heavy atom. The second kappa shape index (κ2) is 8.50. The van der Waals surface area contributed by atoms with Crippen molar-refractivity contribution >= 4 is 6.03 Å². The van der Waals surface area contributed by atoms with Gasteiger partial charge in [0.05, 0.1) is 6.61 Å². The first-order valence-electron chi connectivity index (χ1n) is 11.2. The van der Waals surface area contributed by atoms with Crippen LogP contribution in [0.1, 0.15) is 64.4 Å². The number of ether oxygens (including phenoxy) is 1. The number of fused-ring (bicyclic) bond motifs is 2. The number of rotatable bonds is 3. The van der Waals surface area contributed by atoms with E-state index in [0.29, 0.717) is 12.6 Å². The topological polar surface area (TPSA) is 53.6 Å². The van der Waals surface area contributed by atoms with Crippen LogP contribution in [0.2, 0.25) is 0 Å². The summed E-state index contributed by atoms with van der Waals surface area (Å²) in [6.45, 7) is 6.65. The molecule has 6 heteroatoms. The van der Waals surface area contributed by atoms with Gasteiger partial charge in [-0.3, -0.25) is 0 Å². The molecule has 2 unspecified atom stereocenters. The third-order valence-corrected chi connectivity index (χ3v) is 6.94. The minimum atomic E-state index is -0.173. The number of carbonyl (C=O) groups excluding carboxylic acids is 1. The van der Waals surface area contributed by atoms with Gasteiger partial charge in [-0.1, -0.05) is 12.8 Å². The normalized spacial score (nSPS) is 26.6. The SMILES string of the molecule is CC(C)NC(=O)NC1CCCCC(N2CCC3(CC2)COc2ccc(F)cc23)C1. The highest BCUT2D eigenvalue weighted by Crippen LogP contribution is 2.46. The van der Waals surface area contributed by atoms with Crippen molar-refractivity contribution in [1.29, 1.82) is 0 Å². The van der Waals surface area contributed by atoms with E-state index in [1.807, 2.05) is 13.8 Å². The zero-order valence-corrected chi connectivity index (χ0v) is 17.7. The van der Waals surface area contributed by atoms with Crippen molar-refractivity contribution in [2.24, 2.45) is 0 Å². The lowest BCUT2D eigenvalue weighted by Gasteiger charge is -2.42. The first-order valence-corrected chi connectivity index (χ1v) is 11.2. The van der Waals surface area contributed by atoms with Crippen LogP contribution < -0.4 is 15.4 Å². The van der Waals surface area contributed by atoms with E-state index in [2.05, 4.69) is 15.5 Å². The van der Waals surface area contributed by atoms with Crippen LogP contribution in [0.5, 0.6) is 5.75 Å². The molecule has 0 bridgehead atoms. The lowest BCUT2D eigenvalue weighted by atomic mass is 9.74. The van der Waals surface area contributed by atoms with Crippen molar-refractivity contribution in [3.8, 4) is 5.75 Å². The average molecular weight is 404 g/mol. The van der Waals surface area contributed by atoms with Gasteiger partial charge in [0.15, 0.2) is 0 Å². The lowest BCUT2D eigenvalue weighted by Crippen LogP contribution is -2.50. The summed E-state index contributed by atoms with van der Waals surface area (Å²) in [4.78, 5) is 14.8. The highest BCUT2D eigenvalue weighted by molar-refractivity contribution is 5.74. The summed E-state index contributed by atoms with van der Waals surface area (Å²) in [5, 5.41) is 6.13. The van der Waals surface area contributed by atoms with Gasteiger partial charge >= 0.3 is 6.03 Å². The van der Waals surface area contributed by atoms with E-state index in [1.165, 1.54) is 25.3 Å². The summed E-state index contributed by atoms with van der Waals surface area (Å²) in [5.74, 6) is 0.683. The highest BCUT2D eigenvalue weighted by Gasteiger charge is 2.44. The number of carbonyl (C=O) groups is 1. The fourth-order valence-electron chi connectivity index (χ4n) is 5.35. The van der Waals surface area contributed by atoms with Gasteiger partial charge in [-0.25, -0.2) is 9.18 Å². The minimum absolute atomic E-state index is 0.0343. The third kappa shape index (κ3) is 4.52. The molecule has 2 fully saturated rings. The van der Waals surface area contributed by atoms with Crippen molar-refractivity contribution < 1.29 is 13.9 Å². The largest absolute Gasteiger partial charge is 0.492 e. The Hall–Kier alpha value is -1.82.